The van der Waals surface area contributed by atoms with Crippen LogP contribution in [0.2, 0.25) is 0 Å². The number of amides is 2. The van der Waals surface area contributed by atoms with Crippen LogP contribution in [0.1, 0.15) is 50.2 Å². The van der Waals surface area contributed by atoms with Gasteiger partial charge in [-0.15, -0.1) is 4.58 Å². The minimum atomic E-state index is -0.109. The van der Waals surface area contributed by atoms with Crippen molar-refractivity contribution in [3.8, 4) is 0 Å². The maximum atomic E-state index is 13.3. The highest BCUT2D eigenvalue weighted by atomic mass is 32.2. The molecule has 1 aromatic rings. The highest BCUT2D eigenvalue weighted by Crippen LogP contribution is 2.32. The predicted molar refractivity (Wildman–Crippen MR) is 133 cm³/mol. The van der Waals surface area contributed by atoms with Crippen LogP contribution in [-0.4, -0.2) is 40.4 Å². The molecule has 0 aromatic heterocycles. The van der Waals surface area contributed by atoms with Gasteiger partial charge in [0, 0.05) is 12.6 Å². The first-order valence-electron chi connectivity index (χ1n) is 11.6. The van der Waals surface area contributed by atoms with Crippen LogP contribution < -0.4 is 5.32 Å². The van der Waals surface area contributed by atoms with Crippen LogP contribution in [-0.2, 0) is 16.0 Å². The summed E-state index contributed by atoms with van der Waals surface area (Å²) in [6.07, 6.45) is 18.9. The molecule has 5 heteroatoms. The molecule has 1 heterocycles. The van der Waals surface area contributed by atoms with Gasteiger partial charge in [0.1, 0.15) is 10.2 Å². The van der Waals surface area contributed by atoms with Gasteiger partial charge in [-0.05, 0) is 55.7 Å². The van der Waals surface area contributed by atoms with E-state index < -0.39 is 0 Å². The molecule has 1 N–H and O–H groups in total. The third-order valence-electron chi connectivity index (χ3n) is 6.12. The van der Waals surface area contributed by atoms with Gasteiger partial charge in [0.15, 0.2) is 0 Å². The molecular weight excluding hydrogens is 416 g/mol. The second-order valence-electron chi connectivity index (χ2n) is 8.41. The molecule has 2 aliphatic carbocycles. The van der Waals surface area contributed by atoms with Gasteiger partial charge in [-0.2, -0.15) is 0 Å². The molecule has 1 unspecified atom stereocenters. The van der Waals surface area contributed by atoms with Gasteiger partial charge in [-0.3, -0.25) is 4.79 Å². The van der Waals surface area contributed by atoms with Crippen LogP contribution in [0.4, 0.5) is 0 Å². The molecular formula is C27H31N2O2S+. The molecule has 3 aliphatic rings. The summed E-state index contributed by atoms with van der Waals surface area (Å²) in [5.41, 5.74) is 4.59. The normalized spacial score (nSPS) is 21.5. The fraction of sp³-hybridized carbons (Fsp3) is 0.370. The summed E-state index contributed by atoms with van der Waals surface area (Å²) < 4.78 is 1.64. The number of carbonyl (C=O) groups excluding carboxylic acids is 2. The van der Waals surface area contributed by atoms with Gasteiger partial charge in [0.2, 0.25) is 12.3 Å². The van der Waals surface area contributed by atoms with Crippen molar-refractivity contribution < 1.29 is 14.2 Å². The molecule has 0 saturated carbocycles. The second-order valence-corrected chi connectivity index (χ2v) is 9.59. The van der Waals surface area contributed by atoms with Crippen LogP contribution in [0.5, 0.6) is 0 Å². The summed E-state index contributed by atoms with van der Waals surface area (Å²) >= 11 is 1.55. The quantitative estimate of drug-likeness (QED) is 0.370. The van der Waals surface area contributed by atoms with E-state index in [1.807, 2.05) is 36.4 Å². The average molecular weight is 448 g/mol. The summed E-state index contributed by atoms with van der Waals surface area (Å²) in [6.45, 7) is 2.81. The molecule has 0 fully saturated rings. The Hall–Kier alpha value is -2.66. The van der Waals surface area contributed by atoms with Crippen molar-refractivity contribution in [2.45, 2.75) is 50.7 Å². The highest BCUT2D eigenvalue weighted by molar-refractivity contribution is 8.05. The van der Waals surface area contributed by atoms with Crippen LogP contribution in [0, 0.1) is 0 Å². The number of aryl methyl sites for hydroxylation is 1. The lowest BCUT2D eigenvalue weighted by atomic mass is 9.97. The number of nitrogens with zero attached hydrogens (tertiary/aromatic N) is 1. The zero-order valence-electron chi connectivity index (χ0n) is 18.7. The van der Waals surface area contributed by atoms with E-state index in [4.69, 9.17) is 0 Å². The zero-order chi connectivity index (χ0) is 22.3. The number of thioether (sulfide) groups is 1. The molecule has 0 spiro atoms. The van der Waals surface area contributed by atoms with E-state index in [2.05, 4.69) is 36.5 Å². The smallest absolute Gasteiger partial charge is 0.350 e. The first-order chi connectivity index (χ1) is 15.6. The molecule has 166 valence electrons. The fourth-order valence-corrected chi connectivity index (χ4v) is 5.43. The molecule has 32 heavy (non-hydrogen) atoms. The minimum absolute atomic E-state index is 0.0408. The molecule has 2 amide bonds. The third-order valence-corrected chi connectivity index (χ3v) is 7.32. The van der Waals surface area contributed by atoms with E-state index in [-0.39, 0.29) is 23.6 Å². The molecule has 4 nitrogen and oxygen atoms in total. The van der Waals surface area contributed by atoms with Gasteiger partial charge in [-0.1, -0.05) is 72.8 Å². The lowest BCUT2D eigenvalue weighted by Gasteiger charge is -2.21. The van der Waals surface area contributed by atoms with Crippen LogP contribution in [0.25, 0.3) is 6.08 Å². The second kappa shape index (κ2) is 10.8. The lowest BCUT2D eigenvalue weighted by Crippen LogP contribution is -2.43. The van der Waals surface area contributed by atoms with Crippen LogP contribution in [0.3, 0.4) is 0 Å². The van der Waals surface area contributed by atoms with Gasteiger partial charge in [0.25, 0.3) is 5.91 Å². The summed E-state index contributed by atoms with van der Waals surface area (Å²) in [6, 6.07) is 8.29. The van der Waals surface area contributed by atoms with Gasteiger partial charge in [-0.25, -0.2) is 4.79 Å². The number of hydrogen-bond donors (Lipinski definition) is 1. The maximum absolute atomic E-state index is 13.3. The summed E-state index contributed by atoms with van der Waals surface area (Å²) in [5.74, 6) is -0.214. The first-order valence-corrected chi connectivity index (χ1v) is 12.5. The van der Waals surface area contributed by atoms with Gasteiger partial charge < -0.3 is 5.32 Å². The number of fused-ring (bicyclic) bond motifs is 1. The summed E-state index contributed by atoms with van der Waals surface area (Å²) in [5, 5.41) is 3.06. The monoisotopic (exact) mass is 447 g/mol. The van der Waals surface area contributed by atoms with Crippen molar-refractivity contribution in [3.63, 3.8) is 0 Å². The standard InChI is InChI=1S/C27H30N2O2S/c1-2-20-12-14-22(15-13-20)18-25-27(31)29(23-10-6-7-11-24(23)32-25)19-26(30)28-17-16-21-8-4-3-5-9-21/h6-8,10-15,18,24H,2-5,9,16-17,19H2,1H3/p+1/b25-18+. The lowest BCUT2D eigenvalue weighted by molar-refractivity contribution is -0.434. The largest absolute Gasteiger partial charge is 0.426 e. The number of benzene rings is 1. The Kier molecular flexibility index (Phi) is 7.59. The molecule has 0 radical (unpaired) electrons. The summed E-state index contributed by atoms with van der Waals surface area (Å²) in [7, 11) is 0. The Morgan fingerprint density at radius 2 is 2.06 bits per heavy atom. The Morgan fingerprint density at radius 1 is 1.22 bits per heavy atom. The minimum Gasteiger partial charge on any atom is -0.350 e. The van der Waals surface area contributed by atoms with Crippen molar-refractivity contribution in [1.82, 2.24) is 5.32 Å². The predicted octanol–water partition coefficient (Wildman–Crippen LogP) is 4.82. The van der Waals surface area contributed by atoms with Crippen LogP contribution in [0.15, 0.2) is 65.1 Å². The SMILES string of the molecule is CCc1ccc(/C=C2/SC3C=CC=CC3=[N+](CC(=O)NCCC3=CCCCC3)C2=O)cc1. The van der Waals surface area contributed by atoms with Crippen molar-refractivity contribution in [2.75, 3.05) is 13.1 Å². The topological polar surface area (TPSA) is 49.2 Å². The van der Waals surface area contributed by atoms with Gasteiger partial charge >= 0.3 is 5.91 Å². The average Bonchev–Trinajstić information content (AvgIpc) is 2.83. The zero-order valence-corrected chi connectivity index (χ0v) is 19.5. The van der Waals surface area contributed by atoms with Crippen molar-refractivity contribution in [1.29, 1.82) is 0 Å². The third kappa shape index (κ3) is 5.57. The number of hydrogen-bond acceptors (Lipinski definition) is 3. The number of carbonyl (C=O) groups is 2. The van der Waals surface area contributed by atoms with Crippen molar-refractivity contribution in [2.24, 2.45) is 0 Å². The summed E-state index contributed by atoms with van der Waals surface area (Å²) in [4.78, 5) is 26.7. The van der Waals surface area contributed by atoms with Crippen molar-refractivity contribution >= 4 is 35.4 Å². The van der Waals surface area contributed by atoms with E-state index in [1.54, 1.807) is 16.3 Å². The van der Waals surface area contributed by atoms with E-state index in [1.165, 1.54) is 24.0 Å². The van der Waals surface area contributed by atoms with Crippen LogP contribution >= 0.6 is 11.8 Å². The number of allylic oxidation sites excluding steroid dienone is 4. The molecule has 1 aromatic carbocycles. The maximum Gasteiger partial charge on any atom is 0.426 e. The van der Waals surface area contributed by atoms with Gasteiger partial charge in [0.05, 0.1) is 0 Å². The van der Waals surface area contributed by atoms with E-state index in [0.29, 0.717) is 11.4 Å². The Bertz CT molecular complexity index is 1030. The number of nitrogens with one attached hydrogen (secondary N) is 1. The van der Waals surface area contributed by atoms with E-state index >= 15 is 0 Å². The van der Waals surface area contributed by atoms with E-state index in [0.717, 1.165) is 37.0 Å². The molecule has 1 atom stereocenters. The van der Waals surface area contributed by atoms with E-state index in [9.17, 15) is 9.59 Å². The molecule has 4 rings (SSSR count). The molecule has 0 saturated heterocycles. The Balaban J connectivity index is 1.47. The first kappa shape index (κ1) is 22.5. The highest BCUT2D eigenvalue weighted by Gasteiger charge is 2.39. The Labute approximate surface area is 194 Å². The fourth-order valence-electron chi connectivity index (χ4n) is 4.25. The number of rotatable bonds is 7. The van der Waals surface area contributed by atoms with Crippen molar-refractivity contribution in [3.05, 3.63) is 76.3 Å². The Morgan fingerprint density at radius 3 is 2.81 bits per heavy atom. The molecule has 0 bridgehead atoms. The molecule has 1 aliphatic heterocycles.